The molecule has 2 amide bonds. The molecule has 1 N–H and O–H groups in total. The molecular formula is C37H42ClN3O4S. The minimum atomic E-state index is -4.19. The van der Waals surface area contributed by atoms with E-state index in [4.69, 9.17) is 11.6 Å². The fraction of sp³-hybridized carbons (Fsp3) is 0.297. The highest BCUT2D eigenvalue weighted by Crippen LogP contribution is 2.30. The maximum atomic E-state index is 14.7. The van der Waals surface area contributed by atoms with Crippen molar-refractivity contribution in [3.8, 4) is 0 Å². The van der Waals surface area contributed by atoms with Crippen LogP contribution in [0, 0.1) is 20.8 Å². The van der Waals surface area contributed by atoms with Crippen LogP contribution in [0.3, 0.4) is 0 Å². The van der Waals surface area contributed by atoms with Gasteiger partial charge >= 0.3 is 0 Å². The van der Waals surface area contributed by atoms with Gasteiger partial charge in [0.05, 0.1) is 10.6 Å². The molecule has 0 aromatic heterocycles. The first-order valence-corrected chi connectivity index (χ1v) is 17.0. The summed E-state index contributed by atoms with van der Waals surface area (Å²) < 4.78 is 29.8. The van der Waals surface area contributed by atoms with Gasteiger partial charge in [0.15, 0.2) is 0 Å². The molecule has 4 aromatic carbocycles. The summed E-state index contributed by atoms with van der Waals surface area (Å²) in [6, 6.07) is 27.5. The molecule has 4 rings (SSSR count). The highest BCUT2D eigenvalue weighted by Gasteiger charge is 2.36. The van der Waals surface area contributed by atoms with E-state index in [9.17, 15) is 18.0 Å². The number of nitrogens with one attached hydrogen (secondary N) is 1. The first-order chi connectivity index (χ1) is 21.7. The number of sulfonamides is 1. The molecule has 0 aliphatic rings. The van der Waals surface area contributed by atoms with Gasteiger partial charge in [0.25, 0.3) is 10.0 Å². The van der Waals surface area contributed by atoms with E-state index in [-0.39, 0.29) is 23.8 Å². The van der Waals surface area contributed by atoms with Crippen molar-refractivity contribution in [1.29, 1.82) is 0 Å². The quantitative estimate of drug-likeness (QED) is 0.188. The van der Waals surface area contributed by atoms with E-state index >= 15 is 0 Å². The third-order valence-electron chi connectivity index (χ3n) is 7.80. The third kappa shape index (κ3) is 8.56. The van der Waals surface area contributed by atoms with Crippen LogP contribution in [0.15, 0.2) is 102 Å². The largest absolute Gasteiger partial charge is 0.350 e. The van der Waals surface area contributed by atoms with Gasteiger partial charge in [0.2, 0.25) is 11.8 Å². The van der Waals surface area contributed by atoms with Crippen LogP contribution < -0.4 is 9.62 Å². The van der Waals surface area contributed by atoms with Crippen molar-refractivity contribution < 1.29 is 18.0 Å². The number of hydrogen-bond donors (Lipinski definition) is 1. The summed E-state index contributed by atoms with van der Waals surface area (Å²) >= 11 is 6.58. The van der Waals surface area contributed by atoms with Crippen LogP contribution in [0.2, 0.25) is 5.02 Å². The molecule has 0 aliphatic carbocycles. The fourth-order valence-electron chi connectivity index (χ4n) is 5.17. The Hall–Kier alpha value is -4.14. The van der Waals surface area contributed by atoms with Crippen LogP contribution in [0.25, 0.3) is 0 Å². The van der Waals surface area contributed by atoms with E-state index in [0.29, 0.717) is 16.3 Å². The van der Waals surface area contributed by atoms with Gasteiger partial charge in [0.1, 0.15) is 12.6 Å². The van der Waals surface area contributed by atoms with E-state index in [1.807, 2.05) is 84.0 Å². The number of carbonyl (C=O) groups is 2. The summed E-state index contributed by atoms with van der Waals surface area (Å²) in [5, 5.41) is 3.48. The lowest BCUT2D eigenvalue weighted by molar-refractivity contribution is -0.140. The summed E-state index contributed by atoms with van der Waals surface area (Å²) in [4.78, 5) is 30.2. The first kappa shape index (κ1) is 34.7. The van der Waals surface area contributed by atoms with Crippen LogP contribution in [-0.2, 0) is 32.6 Å². The smallest absolute Gasteiger partial charge is 0.264 e. The van der Waals surface area contributed by atoms with Crippen LogP contribution >= 0.6 is 11.6 Å². The lowest BCUT2D eigenvalue weighted by Gasteiger charge is -2.35. The number of nitrogens with zero attached hydrogens (tertiary/aromatic N) is 2. The topological polar surface area (TPSA) is 86.8 Å². The van der Waals surface area contributed by atoms with E-state index in [1.54, 1.807) is 54.6 Å². The van der Waals surface area contributed by atoms with Crippen LogP contribution in [0.1, 0.15) is 48.6 Å². The number of carbonyl (C=O) groups excluding carboxylic acids is 2. The Morgan fingerprint density at radius 2 is 1.46 bits per heavy atom. The minimum absolute atomic E-state index is 0.00120. The number of aryl methyl sites for hydroxylation is 2. The number of anilines is 1. The van der Waals surface area contributed by atoms with Gasteiger partial charge < -0.3 is 10.2 Å². The SMILES string of the molecule is Cc1ccc(S(=O)(=O)N(CC(=O)N(Cc2ccccc2Cl)[C@H](Cc2ccccc2)C(=O)NC(C)(C)C)c2cccc(C)c2C)cc1. The predicted octanol–water partition coefficient (Wildman–Crippen LogP) is 7.02. The van der Waals surface area contributed by atoms with Crippen LogP contribution in [-0.4, -0.2) is 43.3 Å². The molecule has 7 nitrogen and oxygen atoms in total. The summed E-state index contributed by atoms with van der Waals surface area (Å²) in [5.41, 5.74) is 3.83. The second-order valence-corrected chi connectivity index (χ2v) is 14.9. The Kier molecular flexibility index (Phi) is 11.0. The van der Waals surface area contributed by atoms with Gasteiger partial charge in [-0.2, -0.15) is 0 Å². The summed E-state index contributed by atoms with van der Waals surface area (Å²) in [6.45, 7) is 10.7. The standard InChI is InChI=1S/C37H42ClN3O4S/c1-26-19-21-31(22-20-26)46(44,45)41(33-18-12-13-27(2)28(33)3)25-35(42)40(24-30-16-10-11-17-32(30)38)34(36(43)39-37(4,5)6)23-29-14-8-7-9-15-29/h7-22,34H,23-25H2,1-6H3,(H,39,43)/t34-/m1/s1. The Labute approximate surface area is 278 Å². The molecule has 0 spiro atoms. The number of rotatable bonds is 11. The lowest BCUT2D eigenvalue weighted by atomic mass is 10.0. The fourth-order valence-corrected chi connectivity index (χ4v) is 6.84. The molecule has 0 bridgehead atoms. The molecule has 0 heterocycles. The average molecular weight is 660 g/mol. The average Bonchev–Trinajstić information content (AvgIpc) is 3.00. The number of halogens is 1. The van der Waals surface area contributed by atoms with Gasteiger partial charge in [-0.1, -0.05) is 90.0 Å². The van der Waals surface area contributed by atoms with Gasteiger partial charge in [-0.25, -0.2) is 8.42 Å². The van der Waals surface area contributed by atoms with E-state index in [2.05, 4.69) is 5.32 Å². The van der Waals surface area contributed by atoms with Crippen molar-refractivity contribution in [2.75, 3.05) is 10.8 Å². The summed E-state index contributed by atoms with van der Waals surface area (Å²) in [7, 11) is -4.19. The normalized spacial score (nSPS) is 12.3. The molecule has 242 valence electrons. The first-order valence-electron chi connectivity index (χ1n) is 15.2. The van der Waals surface area contributed by atoms with Gasteiger partial charge in [-0.3, -0.25) is 13.9 Å². The van der Waals surface area contributed by atoms with Crippen molar-refractivity contribution in [3.63, 3.8) is 0 Å². The number of hydrogen-bond acceptors (Lipinski definition) is 4. The monoisotopic (exact) mass is 659 g/mol. The molecule has 46 heavy (non-hydrogen) atoms. The van der Waals surface area contributed by atoms with Crippen molar-refractivity contribution in [1.82, 2.24) is 10.2 Å². The molecule has 1 atom stereocenters. The molecule has 0 unspecified atom stereocenters. The van der Waals surface area contributed by atoms with Crippen LogP contribution in [0.5, 0.6) is 0 Å². The summed E-state index contributed by atoms with van der Waals surface area (Å²) in [5.74, 6) is -0.891. The Balaban J connectivity index is 1.86. The summed E-state index contributed by atoms with van der Waals surface area (Å²) in [6.07, 6.45) is 0.215. The van der Waals surface area contributed by atoms with Crippen molar-refractivity contribution in [3.05, 3.63) is 130 Å². The maximum Gasteiger partial charge on any atom is 0.264 e. The van der Waals surface area contributed by atoms with Crippen molar-refractivity contribution in [2.24, 2.45) is 0 Å². The highest BCUT2D eigenvalue weighted by molar-refractivity contribution is 7.92. The molecular weight excluding hydrogens is 618 g/mol. The van der Waals surface area contributed by atoms with Crippen LogP contribution in [0.4, 0.5) is 5.69 Å². The van der Waals surface area contributed by atoms with E-state index in [0.717, 1.165) is 26.6 Å². The zero-order valence-corrected chi connectivity index (χ0v) is 28.8. The highest BCUT2D eigenvalue weighted by atomic mass is 35.5. The minimum Gasteiger partial charge on any atom is -0.350 e. The Morgan fingerprint density at radius 1 is 0.826 bits per heavy atom. The number of amides is 2. The molecule has 0 radical (unpaired) electrons. The van der Waals surface area contributed by atoms with Gasteiger partial charge in [-0.15, -0.1) is 0 Å². The van der Waals surface area contributed by atoms with Crippen molar-refractivity contribution >= 4 is 39.1 Å². The molecule has 0 aliphatic heterocycles. The van der Waals surface area contributed by atoms with E-state index < -0.39 is 34.1 Å². The van der Waals surface area contributed by atoms with Crippen molar-refractivity contribution in [2.45, 2.75) is 71.0 Å². The zero-order valence-electron chi connectivity index (χ0n) is 27.2. The maximum absolute atomic E-state index is 14.7. The predicted molar refractivity (Wildman–Crippen MR) is 185 cm³/mol. The van der Waals surface area contributed by atoms with Gasteiger partial charge in [-0.05, 0) is 88.1 Å². The Bertz CT molecular complexity index is 1790. The molecule has 0 saturated heterocycles. The lowest BCUT2D eigenvalue weighted by Crippen LogP contribution is -2.56. The molecule has 0 fully saturated rings. The second-order valence-electron chi connectivity index (χ2n) is 12.6. The molecule has 0 saturated carbocycles. The zero-order chi connectivity index (χ0) is 33.6. The number of benzene rings is 4. The Morgan fingerprint density at radius 3 is 2.09 bits per heavy atom. The van der Waals surface area contributed by atoms with E-state index in [1.165, 1.54) is 4.90 Å². The van der Waals surface area contributed by atoms with Gasteiger partial charge in [0, 0.05) is 23.5 Å². The second kappa shape index (κ2) is 14.5. The molecule has 9 heteroatoms. The molecule has 4 aromatic rings. The third-order valence-corrected chi connectivity index (χ3v) is 9.94.